The van der Waals surface area contributed by atoms with Crippen LogP contribution in [0.25, 0.3) is 12.2 Å². The van der Waals surface area contributed by atoms with Crippen molar-refractivity contribution in [1.82, 2.24) is 10.6 Å². The van der Waals surface area contributed by atoms with E-state index in [1.807, 2.05) is 55.5 Å². The quantitative estimate of drug-likeness (QED) is 0.641. The number of benzene rings is 2. The Morgan fingerprint density at radius 3 is 1.86 bits per heavy atom. The molecule has 0 spiro atoms. The number of ether oxygens (including phenoxy) is 2. The van der Waals surface area contributed by atoms with Crippen molar-refractivity contribution in [1.29, 1.82) is 0 Å². The van der Waals surface area contributed by atoms with Crippen LogP contribution < -0.4 is 20.1 Å². The average Bonchev–Trinajstić information content (AvgIpc) is 2.75. The smallest absolute Gasteiger partial charge is 0.244 e. The average molecular weight is 394 g/mol. The number of carbonyl (C=O) groups excluding carboxylic acids is 2. The minimum absolute atomic E-state index is 0.228. The Kier molecular flexibility index (Phi) is 8.51. The monoisotopic (exact) mass is 394 g/mol. The van der Waals surface area contributed by atoms with Crippen molar-refractivity contribution in [2.45, 2.75) is 13.0 Å². The number of hydrogen-bond donors (Lipinski definition) is 2. The third kappa shape index (κ3) is 7.18. The molecule has 152 valence electrons. The zero-order valence-electron chi connectivity index (χ0n) is 16.8. The van der Waals surface area contributed by atoms with Crippen LogP contribution in [0.3, 0.4) is 0 Å². The first-order valence-corrected chi connectivity index (χ1v) is 9.24. The molecule has 0 radical (unpaired) electrons. The molecule has 2 rings (SSSR count). The van der Waals surface area contributed by atoms with Gasteiger partial charge in [-0.3, -0.25) is 9.59 Å². The van der Waals surface area contributed by atoms with Crippen molar-refractivity contribution in [3.05, 3.63) is 71.8 Å². The fourth-order valence-corrected chi connectivity index (χ4v) is 2.59. The van der Waals surface area contributed by atoms with Crippen LogP contribution >= 0.6 is 0 Å². The van der Waals surface area contributed by atoms with Crippen LogP contribution in [0.1, 0.15) is 18.1 Å². The van der Waals surface area contributed by atoms with Gasteiger partial charge in [-0.25, -0.2) is 0 Å². The molecule has 29 heavy (non-hydrogen) atoms. The Hall–Kier alpha value is -3.54. The second-order valence-corrected chi connectivity index (χ2v) is 6.31. The van der Waals surface area contributed by atoms with Gasteiger partial charge in [0, 0.05) is 35.9 Å². The maximum absolute atomic E-state index is 12.1. The fourth-order valence-electron chi connectivity index (χ4n) is 2.59. The summed E-state index contributed by atoms with van der Waals surface area (Å²) in [6.45, 7) is 2.13. The first-order chi connectivity index (χ1) is 14.0. The highest BCUT2D eigenvalue weighted by atomic mass is 16.5. The molecule has 0 saturated carbocycles. The Morgan fingerprint density at radius 1 is 0.862 bits per heavy atom. The van der Waals surface area contributed by atoms with E-state index in [1.54, 1.807) is 26.4 Å². The largest absolute Gasteiger partial charge is 0.496 e. The van der Waals surface area contributed by atoms with Gasteiger partial charge in [0.25, 0.3) is 0 Å². The van der Waals surface area contributed by atoms with Crippen LogP contribution in [0.2, 0.25) is 0 Å². The lowest BCUT2D eigenvalue weighted by atomic mass is 10.2. The molecule has 0 aliphatic rings. The van der Waals surface area contributed by atoms with E-state index in [1.165, 1.54) is 12.2 Å². The fraction of sp³-hybridized carbons (Fsp3) is 0.217. The van der Waals surface area contributed by atoms with Gasteiger partial charge in [-0.2, -0.15) is 0 Å². The standard InChI is InChI=1S/C23H26N2O4/c1-17(25-23(27)15-13-19-9-5-7-11-21(19)29-3)16-24-22(26)14-12-18-8-4-6-10-20(18)28-2/h4-15,17H,16H2,1-3H3,(H,24,26)(H,25,27). The lowest BCUT2D eigenvalue weighted by molar-refractivity contribution is -0.118. The zero-order valence-corrected chi connectivity index (χ0v) is 16.8. The van der Waals surface area contributed by atoms with E-state index in [0.717, 1.165) is 11.1 Å². The van der Waals surface area contributed by atoms with Crippen LogP contribution in [-0.4, -0.2) is 38.6 Å². The number of amides is 2. The number of para-hydroxylation sites is 2. The zero-order chi connectivity index (χ0) is 21.1. The Bertz CT molecular complexity index is 890. The third-order valence-corrected chi connectivity index (χ3v) is 4.08. The van der Waals surface area contributed by atoms with Crippen molar-refractivity contribution in [2.24, 2.45) is 0 Å². The molecule has 0 heterocycles. The molecule has 0 aromatic heterocycles. The van der Waals surface area contributed by atoms with E-state index in [-0.39, 0.29) is 17.9 Å². The first-order valence-electron chi connectivity index (χ1n) is 9.24. The molecule has 0 bridgehead atoms. The van der Waals surface area contributed by atoms with Gasteiger partial charge in [-0.1, -0.05) is 36.4 Å². The molecule has 1 unspecified atom stereocenters. The van der Waals surface area contributed by atoms with Gasteiger partial charge in [0.2, 0.25) is 11.8 Å². The number of nitrogens with one attached hydrogen (secondary N) is 2. The number of methoxy groups -OCH3 is 2. The van der Waals surface area contributed by atoms with Crippen molar-refractivity contribution < 1.29 is 19.1 Å². The van der Waals surface area contributed by atoms with E-state index in [0.29, 0.717) is 18.0 Å². The Balaban J connectivity index is 1.80. The molecule has 6 nitrogen and oxygen atoms in total. The normalized spacial score (nSPS) is 12.0. The van der Waals surface area contributed by atoms with Gasteiger partial charge in [-0.05, 0) is 31.2 Å². The molecule has 2 N–H and O–H groups in total. The molecule has 0 aliphatic carbocycles. The molecule has 0 aliphatic heterocycles. The van der Waals surface area contributed by atoms with E-state index in [4.69, 9.17) is 9.47 Å². The van der Waals surface area contributed by atoms with Gasteiger partial charge in [0.05, 0.1) is 14.2 Å². The summed E-state index contributed by atoms with van der Waals surface area (Å²) in [5.74, 6) is 0.890. The van der Waals surface area contributed by atoms with Gasteiger partial charge >= 0.3 is 0 Å². The van der Waals surface area contributed by atoms with E-state index in [2.05, 4.69) is 10.6 Å². The Morgan fingerprint density at radius 2 is 1.34 bits per heavy atom. The summed E-state index contributed by atoms with van der Waals surface area (Å²) in [4.78, 5) is 24.1. The van der Waals surface area contributed by atoms with Gasteiger partial charge < -0.3 is 20.1 Å². The highest BCUT2D eigenvalue weighted by Gasteiger charge is 2.07. The summed E-state index contributed by atoms with van der Waals surface area (Å²) >= 11 is 0. The van der Waals surface area contributed by atoms with Gasteiger partial charge in [0.15, 0.2) is 0 Å². The van der Waals surface area contributed by atoms with Crippen molar-refractivity contribution in [2.75, 3.05) is 20.8 Å². The van der Waals surface area contributed by atoms with E-state index in [9.17, 15) is 9.59 Å². The molecule has 2 amide bonds. The molecule has 1 atom stereocenters. The second-order valence-electron chi connectivity index (χ2n) is 6.31. The van der Waals surface area contributed by atoms with Crippen LogP contribution in [-0.2, 0) is 9.59 Å². The van der Waals surface area contributed by atoms with Crippen LogP contribution in [0, 0.1) is 0 Å². The molecule has 2 aromatic rings. The minimum atomic E-state index is -0.249. The highest BCUT2D eigenvalue weighted by Crippen LogP contribution is 2.19. The summed E-state index contributed by atoms with van der Waals surface area (Å²) in [6.07, 6.45) is 6.26. The molecular formula is C23H26N2O4. The summed E-state index contributed by atoms with van der Waals surface area (Å²) in [7, 11) is 3.17. The van der Waals surface area contributed by atoms with Crippen LogP contribution in [0.15, 0.2) is 60.7 Å². The maximum atomic E-state index is 12.1. The molecule has 2 aromatic carbocycles. The van der Waals surface area contributed by atoms with E-state index >= 15 is 0 Å². The predicted octanol–water partition coefficient (Wildman–Crippen LogP) is 3.05. The van der Waals surface area contributed by atoms with E-state index < -0.39 is 0 Å². The predicted molar refractivity (Wildman–Crippen MR) is 115 cm³/mol. The third-order valence-electron chi connectivity index (χ3n) is 4.08. The van der Waals surface area contributed by atoms with Crippen molar-refractivity contribution in [3.8, 4) is 11.5 Å². The van der Waals surface area contributed by atoms with Crippen LogP contribution in [0.4, 0.5) is 0 Å². The van der Waals surface area contributed by atoms with Crippen LogP contribution in [0.5, 0.6) is 11.5 Å². The summed E-state index contributed by atoms with van der Waals surface area (Å²) < 4.78 is 10.5. The topological polar surface area (TPSA) is 76.7 Å². The number of carbonyl (C=O) groups is 2. The number of rotatable bonds is 9. The second kappa shape index (κ2) is 11.3. The highest BCUT2D eigenvalue weighted by molar-refractivity contribution is 5.93. The lowest BCUT2D eigenvalue weighted by Gasteiger charge is -2.12. The van der Waals surface area contributed by atoms with Crippen molar-refractivity contribution in [3.63, 3.8) is 0 Å². The molecular weight excluding hydrogens is 368 g/mol. The first kappa shape index (κ1) is 21.8. The maximum Gasteiger partial charge on any atom is 0.244 e. The summed E-state index contributed by atoms with van der Waals surface area (Å²) in [5, 5.41) is 5.57. The Labute approximate surface area is 171 Å². The summed E-state index contributed by atoms with van der Waals surface area (Å²) in [5.41, 5.74) is 1.63. The number of hydrogen-bond acceptors (Lipinski definition) is 4. The SMILES string of the molecule is COc1ccccc1C=CC(=O)NCC(C)NC(=O)C=Cc1ccccc1OC. The lowest BCUT2D eigenvalue weighted by Crippen LogP contribution is -2.40. The molecule has 0 fully saturated rings. The van der Waals surface area contributed by atoms with Gasteiger partial charge in [0.1, 0.15) is 11.5 Å². The van der Waals surface area contributed by atoms with Gasteiger partial charge in [-0.15, -0.1) is 0 Å². The molecule has 6 heteroatoms. The minimum Gasteiger partial charge on any atom is -0.496 e. The summed E-state index contributed by atoms with van der Waals surface area (Å²) in [6, 6.07) is 14.6. The van der Waals surface area contributed by atoms with Crippen molar-refractivity contribution >= 4 is 24.0 Å². The molecule has 0 saturated heterocycles.